The zero-order valence-corrected chi connectivity index (χ0v) is 10.8. The summed E-state index contributed by atoms with van der Waals surface area (Å²) in [5, 5.41) is 0. The van der Waals surface area contributed by atoms with Gasteiger partial charge in [-0.3, -0.25) is 0 Å². The van der Waals surface area contributed by atoms with Crippen molar-refractivity contribution in [3.05, 3.63) is 17.2 Å². The van der Waals surface area contributed by atoms with E-state index in [0.29, 0.717) is 11.5 Å². The Bertz CT molecular complexity index is 402. The molecule has 3 nitrogen and oxygen atoms in total. The van der Waals surface area contributed by atoms with E-state index in [9.17, 15) is 0 Å². The number of nitrogens with one attached hydrogen (secondary N) is 1. The van der Waals surface area contributed by atoms with Crippen molar-refractivity contribution in [2.45, 2.75) is 69.7 Å². The molecule has 1 unspecified atom stereocenters. The van der Waals surface area contributed by atoms with Gasteiger partial charge in [-0.1, -0.05) is 26.2 Å². The van der Waals surface area contributed by atoms with Gasteiger partial charge >= 0.3 is 0 Å². The average molecular weight is 233 g/mol. The lowest BCUT2D eigenvalue weighted by Crippen LogP contribution is -2.27. The number of aryl methyl sites for hydroxylation is 1. The predicted molar refractivity (Wildman–Crippen MR) is 69.0 cm³/mol. The van der Waals surface area contributed by atoms with Gasteiger partial charge in [0, 0.05) is 23.6 Å². The standard InChI is InChI=1S/C14H23N3/c1-14(7-3-2-4-8-14)13-16-11-6-5-10(15)9-12(11)17-13/h10H,2-9,15H2,1H3,(H,16,17). The van der Waals surface area contributed by atoms with Crippen LogP contribution in [0.3, 0.4) is 0 Å². The average Bonchev–Trinajstić information content (AvgIpc) is 2.73. The first-order chi connectivity index (χ1) is 8.17. The summed E-state index contributed by atoms with van der Waals surface area (Å²) in [4.78, 5) is 8.45. The highest BCUT2D eigenvalue weighted by Crippen LogP contribution is 2.38. The molecular weight excluding hydrogens is 210 g/mol. The number of H-pyrrole nitrogens is 1. The highest BCUT2D eigenvalue weighted by atomic mass is 15.0. The Labute approximate surface area is 103 Å². The molecule has 1 fully saturated rings. The van der Waals surface area contributed by atoms with Crippen molar-refractivity contribution in [1.82, 2.24) is 9.97 Å². The van der Waals surface area contributed by atoms with Gasteiger partial charge in [0.2, 0.25) is 0 Å². The summed E-state index contributed by atoms with van der Waals surface area (Å²) in [6.45, 7) is 2.37. The SMILES string of the molecule is CC1(c2nc3c([nH]2)CC(N)CC3)CCCCC1. The number of rotatable bonds is 1. The van der Waals surface area contributed by atoms with Gasteiger partial charge in [-0.25, -0.2) is 4.98 Å². The van der Waals surface area contributed by atoms with E-state index in [2.05, 4.69) is 11.9 Å². The van der Waals surface area contributed by atoms with E-state index in [1.165, 1.54) is 49.3 Å². The van der Waals surface area contributed by atoms with Crippen LogP contribution in [0, 0.1) is 0 Å². The van der Waals surface area contributed by atoms with Gasteiger partial charge in [0.25, 0.3) is 0 Å². The molecular formula is C14H23N3. The maximum absolute atomic E-state index is 6.02. The highest BCUT2D eigenvalue weighted by molar-refractivity contribution is 5.23. The highest BCUT2D eigenvalue weighted by Gasteiger charge is 2.33. The number of imidazole rings is 1. The Hall–Kier alpha value is -0.830. The van der Waals surface area contributed by atoms with Crippen molar-refractivity contribution in [3.63, 3.8) is 0 Å². The lowest BCUT2D eigenvalue weighted by molar-refractivity contribution is 0.305. The Morgan fingerprint density at radius 1 is 1.29 bits per heavy atom. The van der Waals surface area contributed by atoms with Crippen LogP contribution in [0.25, 0.3) is 0 Å². The fourth-order valence-corrected chi connectivity index (χ4v) is 3.36. The third-order valence-electron chi connectivity index (χ3n) is 4.61. The van der Waals surface area contributed by atoms with Gasteiger partial charge in [0.1, 0.15) is 5.82 Å². The van der Waals surface area contributed by atoms with Crippen molar-refractivity contribution < 1.29 is 0 Å². The second-order valence-electron chi connectivity index (χ2n) is 6.13. The molecule has 2 aliphatic carbocycles. The number of nitrogens with zero attached hydrogens (tertiary/aromatic N) is 1. The van der Waals surface area contributed by atoms with Crippen molar-refractivity contribution in [2.75, 3.05) is 0 Å². The van der Waals surface area contributed by atoms with Crippen molar-refractivity contribution in [2.24, 2.45) is 5.73 Å². The Morgan fingerprint density at radius 3 is 2.82 bits per heavy atom. The molecule has 94 valence electrons. The maximum atomic E-state index is 6.02. The topological polar surface area (TPSA) is 54.7 Å². The normalized spacial score (nSPS) is 27.8. The number of hydrogen-bond donors (Lipinski definition) is 2. The summed E-state index contributed by atoms with van der Waals surface area (Å²) >= 11 is 0. The van der Waals surface area contributed by atoms with Crippen LogP contribution in [-0.4, -0.2) is 16.0 Å². The quantitative estimate of drug-likeness (QED) is 0.783. The molecule has 0 aromatic carbocycles. The lowest BCUT2D eigenvalue weighted by atomic mass is 9.75. The first-order valence-corrected chi connectivity index (χ1v) is 7.01. The van der Waals surface area contributed by atoms with Crippen LogP contribution in [-0.2, 0) is 18.3 Å². The third kappa shape index (κ3) is 2.01. The first kappa shape index (κ1) is 11.3. The van der Waals surface area contributed by atoms with Crippen molar-refractivity contribution in [3.8, 4) is 0 Å². The number of hydrogen-bond acceptors (Lipinski definition) is 2. The Balaban J connectivity index is 1.88. The summed E-state index contributed by atoms with van der Waals surface area (Å²) < 4.78 is 0. The zero-order valence-electron chi connectivity index (χ0n) is 10.8. The smallest absolute Gasteiger partial charge is 0.112 e. The van der Waals surface area contributed by atoms with Gasteiger partial charge in [-0.2, -0.15) is 0 Å². The van der Waals surface area contributed by atoms with Crippen molar-refractivity contribution >= 4 is 0 Å². The van der Waals surface area contributed by atoms with Crippen LogP contribution in [0.2, 0.25) is 0 Å². The molecule has 0 spiro atoms. The van der Waals surface area contributed by atoms with E-state index < -0.39 is 0 Å². The Kier molecular flexibility index (Phi) is 2.74. The summed E-state index contributed by atoms with van der Waals surface area (Å²) in [6.07, 6.45) is 9.79. The Morgan fingerprint density at radius 2 is 2.06 bits per heavy atom. The van der Waals surface area contributed by atoms with Crippen LogP contribution >= 0.6 is 0 Å². The second-order valence-corrected chi connectivity index (χ2v) is 6.13. The zero-order chi connectivity index (χ0) is 11.9. The van der Waals surface area contributed by atoms with E-state index in [4.69, 9.17) is 10.7 Å². The largest absolute Gasteiger partial charge is 0.345 e. The predicted octanol–water partition coefficient (Wildman–Crippen LogP) is 2.45. The van der Waals surface area contributed by atoms with E-state index >= 15 is 0 Å². The molecule has 1 aromatic heterocycles. The van der Waals surface area contributed by atoms with E-state index in [1.54, 1.807) is 0 Å². The number of aromatic nitrogens is 2. The first-order valence-electron chi connectivity index (χ1n) is 7.01. The molecule has 1 heterocycles. The minimum Gasteiger partial charge on any atom is -0.345 e. The molecule has 0 amide bonds. The van der Waals surface area contributed by atoms with Gasteiger partial charge in [-0.05, 0) is 25.7 Å². The molecule has 1 atom stereocenters. The molecule has 3 N–H and O–H groups in total. The van der Waals surface area contributed by atoms with Crippen LogP contribution in [0.4, 0.5) is 0 Å². The molecule has 0 aliphatic heterocycles. The number of aromatic amines is 1. The molecule has 1 saturated carbocycles. The number of nitrogens with two attached hydrogens (primary N) is 1. The molecule has 17 heavy (non-hydrogen) atoms. The van der Waals surface area contributed by atoms with Gasteiger partial charge in [-0.15, -0.1) is 0 Å². The van der Waals surface area contributed by atoms with Crippen LogP contribution < -0.4 is 5.73 Å². The summed E-state index contributed by atoms with van der Waals surface area (Å²) in [6, 6.07) is 0.329. The fourth-order valence-electron chi connectivity index (χ4n) is 3.36. The molecule has 3 rings (SSSR count). The van der Waals surface area contributed by atoms with Gasteiger partial charge < -0.3 is 10.7 Å². The minimum absolute atomic E-state index is 0.291. The van der Waals surface area contributed by atoms with E-state index in [0.717, 1.165) is 19.3 Å². The summed E-state index contributed by atoms with van der Waals surface area (Å²) in [5.41, 5.74) is 8.91. The van der Waals surface area contributed by atoms with Crippen LogP contribution in [0.1, 0.15) is 62.7 Å². The molecule has 1 aromatic rings. The monoisotopic (exact) mass is 233 g/mol. The van der Waals surface area contributed by atoms with Crippen LogP contribution in [0.5, 0.6) is 0 Å². The van der Waals surface area contributed by atoms with E-state index in [-0.39, 0.29) is 0 Å². The van der Waals surface area contributed by atoms with Gasteiger partial charge in [0.05, 0.1) is 5.69 Å². The van der Waals surface area contributed by atoms with Crippen LogP contribution in [0.15, 0.2) is 0 Å². The molecule has 3 heteroatoms. The molecule has 0 radical (unpaired) electrons. The number of fused-ring (bicyclic) bond motifs is 1. The second kappa shape index (κ2) is 4.13. The molecule has 2 aliphatic rings. The summed E-state index contributed by atoms with van der Waals surface area (Å²) in [5.74, 6) is 1.23. The maximum Gasteiger partial charge on any atom is 0.112 e. The minimum atomic E-state index is 0.291. The lowest BCUT2D eigenvalue weighted by Gasteiger charge is -2.31. The van der Waals surface area contributed by atoms with Crippen molar-refractivity contribution in [1.29, 1.82) is 0 Å². The van der Waals surface area contributed by atoms with E-state index in [1.807, 2.05) is 0 Å². The third-order valence-corrected chi connectivity index (χ3v) is 4.61. The fraction of sp³-hybridized carbons (Fsp3) is 0.786. The van der Waals surface area contributed by atoms with Gasteiger partial charge in [0.15, 0.2) is 0 Å². The molecule has 0 saturated heterocycles. The molecule has 0 bridgehead atoms. The summed E-state index contributed by atoms with van der Waals surface area (Å²) in [7, 11) is 0.